The number of hydrogen-bond acceptors (Lipinski definition) is 6. The number of halogens is 1. The van der Waals surface area contributed by atoms with Gasteiger partial charge in [-0.2, -0.15) is 0 Å². The van der Waals surface area contributed by atoms with Crippen molar-refractivity contribution in [2.75, 3.05) is 12.0 Å². The molecule has 1 aliphatic carbocycles. The average Bonchev–Trinajstić information content (AvgIpc) is 3.45. The fraction of sp³-hybridized carbons (Fsp3) is 0.185. The summed E-state index contributed by atoms with van der Waals surface area (Å²) in [5.74, 6) is -4.13. The molecule has 35 heavy (non-hydrogen) atoms. The summed E-state index contributed by atoms with van der Waals surface area (Å²) in [6.07, 6.45) is -0.984. The van der Waals surface area contributed by atoms with Gasteiger partial charge < -0.3 is 9.47 Å². The lowest BCUT2D eigenvalue weighted by Gasteiger charge is -2.27. The van der Waals surface area contributed by atoms with Crippen molar-refractivity contribution >= 4 is 40.7 Å². The van der Waals surface area contributed by atoms with Gasteiger partial charge in [-0.15, -0.1) is 0 Å². The van der Waals surface area contributed by atoms with E-state index in [0.29, 0.717) is 22.0 Å². The van der Waals surface area contributed by atoms with Gasteiger partial charge in [-0.25, -0.2) is 4.90 Å². The predicted molar refractivity (Wildman–Crippen MR) is 126 cm³/mol. The summed E-state index contributed by atoms with van der Waals surface area (Å²) < 4.78 is 11.5. The van der Waals surface area contributed by atoms with E-state index in [4.69, 9.17) is 21.1 Å². The number of methoxy groups -OCH3 is 1. The number of hydrogen-bond donors (Lipinski definition) is 0. The summed E-state index contributed by atoms with van der Waals surface area (Å²) in [5.41, 5.74) is -0.841. The molecule has 0 aromatic heterocycles. The number of nitrogens with zero attached hydrogens (tertiary/aromatic N) is 1. The number of rotatable bonds is 3. The van der Waals surface area contributed by atoms with Gasteiger partial charge in [0.25, 0.3) is 0 Å². The Hall–Kier alpha value is -3.81. The largest absolute Gasteiger partial charge is 0.497 e. The zero-order chi connectivity index (χ0) is 24.5. The van der Waals surface area contributed by atoms with Crippen LogP contribution >= 0.6 is 11.6 Å². The van der Waals surface area contributed by atoms with Gasteiger partial charge in [-0.1, -0.05) is 48.0 Å². The molecule has 3 aromatic rings. The van der Waals surface area contributed by atoms with Gasteiger partial charge in [0.05, 0.1) is 30.7 Å². The Bertz CT molecular complexity index is 1380. The minimum absolute atomic E-state index is 0.192. The first-order valence-electron chi connectivity index (χ1n) is 11.0. The average molecular weight is 488 g/mol. The van der Waals surface area contributed by atoms with E-state index < -0.39 is 46.9 Å². The van der Waals surface area contributed by atoms with Crippen LogP contribution in [0.4, 0.5) is 5.69 Å². The highest BCUT2D eigenvalue weighted by Gasteiger charge is 2.74. The van der Waals surface area contributed by atoms with Crippen molar-refractivity contribution in [1.82, 2.24) is 0 Å². The predicted octanol–water partition coefficient (Wildman–Crippen LogP) is 4.04. The van der Waals surface area contributed by atoms with E-state index in [2.05, 4.69) is 0 Å². The van der Waals surface area contributed by atoms with Gasteiger partial charge >= 0.3 is 0 Å². The smallest absolute Gasteiger partial charge is 0.241 e. The number of amides is 2. The van der Waals surface area contributed by atoms with Gasteiger partial charge in [0.1, 0.15) is 5.75 Å². The zero-order valence-electron chi connectivity index (χ0n) is 18.4. The maximum absolute atomic E-state index is 13.8. The Balaban J connectivity index is 1.53. The molecule has 8 heteroatoms. The third-order valence-electron chi connectivity index (χ3n) is 7.05. The monoisotopic (exact) mass is 487 g/mol. The summed E-state index contributed by atoms with van der Waals surface area (Å²) in [5, 5.41) is 0.445. The van der Waals surface area contributed by atoms with Crippen LogP contribution in [0.2, 0.25) is 5.02 Å². The van der Waals surface area contributed by atoms with E-state index in [1.807, 2.05) is 0 Å². The maximum atomic E-state index is 13.8. The number of carbonyl (C=O) groups excluding carboxylic acids is 4. The number of imide groups is 1. The van der Waals surface area contributed by atoms with E-state index >= 15 is 0 Å². The van der Waals surface area contributed by atoms with Crippen LogP contribution in [0.5, 0.6) is 5.75 Å². The highest BCUT2D eigenvalue weighted by atomic mass is 35.5. The Morgan fingerprint density at radius 1 is 0.829 bits per heavy atom. The molecule has 0 radical (unpaired) electrons. The Morgan fingerprint density at radius 2 is 1.43 bits per heavy atom. The van der Waals surface area contributed by atoms with Crippen molar-refractivity contribution in [2.45, 2.75) is 11.7 Å². The highest BCUT2D eigenvalue weighted by Crippen LogP contribution is 2.57. The van der Waals surface area contributed by atoms with Crippen LogP contribution in [-0.2, 0) is 14.3 Å². The first-order chi connectivity index (χ1) is 16.9. The SMILES string of the molecule is COc1ccc([C@H]2OC3(C(=O)c4ccccc4C3=O)[C@@H]3C(=O)N(c4ccc(Cl)cc4)C(=O)[C@H]23)cc1. The molecule has 6 rings (SSSR count). The topological polar surface area (TPSA) is 90.0 Å². The van der Waals surface area contributed by atoms with Crippen LogP contribution in [0.15, 0.2) is 72.8 Å². The number of benzene rings is 3. The molecule has 0 unspecified atom stereocenters. The van der Waals surface area contributed by atoms with Crippen molar-refractivity contribution in [1.29, 1.82) is 0 Å². The first-order valence-corrected chi connectivity index (χ1v) is 11.4. The van der Waals surface area contributed by atoms with E-state index in [1.165, 1.54) is 7.11 Å². The number of carbonyl (C=O) groups is 4. The Labute approximate surface area is 205 Å². The summed E-state index contributed by atoms with van der Waals surface area (Å²) >= 11 is 6.00. The van der Waals surface area contributed by atoms with E-state index in [0.717, 1.165) is 4.90 Å². The summed E-state index contributed by atoms with van der Waals surface area (Å²) in [6, 6.07) is 19.5. The van der Waals surface area contributed by atoms with Gasteiger partial charge in [-0.05, 0) is 42.0 Å². The fourth-order valence-electron chi connectivity index (χ4n) is 5.46. The van der Waals surface area contributed by atoms with E-state index in [-0.39, 0.29) is 11.1 Å². The molecule has 2 saturated heterocycles. The maximum Gasteiger partial charge on any atom is 0.241 e. The zero-order valence-corrected chi connectivity index (χ0v) is 19.2. The second kappa shape index (κ2) is 7.60. The molecule has 0 N–H and O–H groups in total. The van der Waals surface area contributed by atoms with E-state index in [9.17, 15) is 19.2 Å². The highest BCUT2D eigenvalue weighted by molar-refractivity contribution is 6.37. The van der Waals surface area contributed by atoms with E-state index in [1.54, 1.807) is 72.8 Å². The number of anilines is 1. The molecule has 3 aromatic carbocycles. The lowest BCUT2D eigenvalue weighted by Crippen LogP contribution is -2.51. The minimum atomic E-state index is -2.10. The van der Waals surface area contributed by atoms with Crippen LogP contribution in [0.1, 0.15) is 32.4 Å². The second-order valence-electron chi connectivity index (χ2n) is 8.74. The van der Waals surface area contributed by atoms with Crippen LogP contribution in [0.3, 0.4) is 0 Å². The second-order valence-corrected chi connectivity index (χ2v) is 9.18. The molecule has 3 aliphatic rings. The molecule has 1 spiro atoms. The van der Waals surface area contributed by atoms with Crippen LogP contribution in [0, 0.1) is 11.8 Å². The third-order valence-corrected chi connectivity index (χ3v) is 7.30. The minimum Gasteiger partial charge on any atom is -0.497 e. The number of Topliss-reactive ketones (excluding diaryl/α,β-unsaturated/α-hetero) is 2. The Kier molecular flexibility index (Phi) is 4.71. The van der Waals surface area contributed by atoms with Crippen molar-refractivity contribution in [3.8, 4) is 5.75 Å². The molecule has 0 saturated carbocycles. The van der Waals surface area contributed by atoms with Gasteiger partial charge in [-0.3, -0.25) is 19.2 Å². The molecule has 174 valence electrons. The molecule has 3 atom stereocenters. The lowest BCUT2D eigenvalue weighted by atomic mass is 9.77. The van der Waals surface area contributed by atoms with Gasteiger partial charge in [0, 0.05) is 16.1 Å². The first kappa shape index (κ1) is 21.7. The van der Waals surface area contributed by atoms with Crippen molar-refractivity contribution in [3.05, 3.63) is 94.5 Å². The lowest BCUT2D eigenvalue weighted by molar-refractivity contribution is -0.127. The quantitative estimate of drug-likeness (QED) is 0.409. The molecule has 2 heterocycles. The normalized spacial score (nSPS) is 24.3. The van der Waals surface area contributed by atoms with Crippen LogP contribution in [-0.4, -0.2) is 36.1 Å². The molecule has 2 amide bonds. The summed E-state index contributed by atoms with van der Waals surface area (Å²) in [6.45, 7) is 0. The van der Waals surface area contributed by atoms with Gasteiger partial charge in [0.15, 0.2) is 0 Å². The molecular weight excluding hydrogens is 470 g/mol. The molecule has 2 fully saturated rings. The van der Waals surface area contributed by atoms with Crippen LogP contribution in [0.25, 0.3) is 0 Å². The summed E-state index contributed by atoms with van der Waals surface area (Å²) in [4.78, 5) is 56.1. The molecule has 0 bridgehead atoms. The molecule has 7 nitrogen and oxygen atoms in total. The number of ether oxygens (including phenoxy) is 2. The van der Waals surface area contributed by atoms with Crippen molar-refractivity contribution in [3.63, 3.8) is 0 Å². The van der Waals surface area contributed by atoms with Crippen LogP contribution < -0.4 is 9.64 Å². The van der Waals surface area contributed by atoms with Crippen molar-refractivity contribution in [2.24, 2.45) is 11.8 Å². The standard InChI is InChI=1S/C27H18ClNO6/c1-34-17-12-6-14(7-13-17)22-20-21(26(33)29(25(20)32)16-10-8-15(28)9-11-16)27(35-22)23(30)18-4-2-3-5-19(18)24(27)31/h2-13,20-22H,1H3/t20-,21-,22+/m0/s1. The fourth-order valence-corrected chi connectivity index (χ4v) is 5.58. The molecule has 2 aliphatic heterocycles. The third kappa shape index (κ3) is 2.82. The summed E-state index contributed by atoms with van der Waals surface area (Å²) in [7, 11) is 1.53. The Morgan fingerprint density at radius 3 is 2.00 bits per heavy atom. The molecular formula is C27H18ClNO6. The van der Waals surface area contributed by atoms with Crippen molar-refractivity contribution < 1.29 is 28.7 Å². The van der Waals surface area contributed by atoms with Gasteiger partial charge in [0.2, 0.25) is 29.0 Å². The number of ketones is 2. The number of fused-ring (bicyclic) bond motifs is 3.